The van der Waals surface area contributed by atoms with Gasteiger partial charge in [-0.25, -0.2) is 4.52 Å². The molecule has 0 aliphatic carbocycles. The van der Waals surface area contributed by atoms with Crippen LogP contribution in [-0.2, 0) is 6.54 Å². The predicted octanol–water partition coefficient (Wildman–Crippen LogP) is 1.34. The second kappa shape index (κ2) is 5.95. The van der Waals surface area contributed by atoms with Gasteiger partial charge in [0.25, 0.3) is 5.56 Å². The number of hydrogen-bond acceptors (Lipinski definition) is 4. The highest BCUT2D eigenvalue weighted by molar-refractivity contribution is 7.12. The van der Waals surface area contributed by atoms with E-state index in [1.807, 2.05) is 12.1 Å². The van der Waals surface area contributed by atoms with Gasteiger partial charge in [0.1, 0.15) is 5.52 Å². The van der Waals surface area contributed by atoms with Gasteiger partial charge in [-0.05, 0) is 18.2 Å². The van der Waals surface area contributed by atoms with Crippen molar-refractivity contribution in [2.75, 3.05) is 6.61 Å². The van der Waals surface area contributed by atoms with E-state index in [1.54, 1.807) is 45.1 Å². The molecule has 0 aliphatic rings. The van der Waals surface area contributed by atoms with Crippen molar-refractivity contribution in [2.45, 2.75) is 13.0 Å². The van der Waals surface area contributed by atoms with E-state index in [2.05, 4.69) is 16.9 Å². The third-order valence-corrected chi connectivity index (χ3v) is 3.96. The zero-order valence-corrected chi connectivity index (χ0v) is 12.0. The molecule has 3 aromatic rings. The van der Waals surface area contributed by atoms with Gasteiger partial charge in [0.05, 0.1) is 24.2 Å². The van der Waals surface area contributed by atoms with Gasteiger partial charge in [-0.15, -0.1) is 11.3 Å². The van der Waals surface area contributed by atoms with Crippen LogP contribution in [-0.4, -0.2) is 25.9 Å². The first-order valence-corrected chi connectivity index (χ1v) is 7.31. The van der Waals surface area contributed by atoms with E-state index in [4.69, 9.17) is 5.11 Å². The Labute approximate surface area is 125 Å². The summed E-state index contributed by atoms with van der Waals surface area (Å²) in [5, 5.41) is 12.7. The number of thiophene rings is 1. The Morgan fingerprint density at radius 2 is 2.19 bits per heavy atom. The maximum absolute atomic E-state index is 12.3. The Morgan fingerprint density at radius 1 is 1.29 bits per heavy atom. The van der Waals surface area contributed by atoms with Gasteiger partial charge in [0, 0.05) is 23.7 Å². The van der Waals surface area contributed by atoms with Crippen molar-refractivity contribution < 1.29 is 5.11 Å². The molecule has 0 bridgehead atoms. The molecule has 0 fully saturated rings. The van der Waals surface area contributed by atoms with Gasteiger partial charge < -0.3 is 9.67 Å². The smallest absolute Gasteiger partial charge is 0.276 e. The summed E-state index contributed by atoms with van der Waals surface area (Å²) < 4.78 is 3.23. The van der Waals surface area contributed by atoms with E-state index in [0.29, 0.717) is 18.5 Å². The van der Waals surface area contributed by atoms with Crippen LogP contribution < -0.4 is 5.56 Å². The lowest BCUT2D eigenvalue weighted by Gasteiger charge is -2.03. The van der Waals surface area contributed by atoms with Gasteiger partial charge in [0.2, 0.25) is 0 Å². The van der Waals surface area contributed by atoms with Crippen molar-refractivity contribution in [3.63, 3.8) is 0 Å². The molecule has 0 radical (unpaired) electrons. The Kier molecular flexibility index (Phi) is 3.86. The Bertz CT molecular complexity index is 879. The summed E-state index contributed by atoms with van der Waals surface area (Å²) >= 11 is 1.56. The average molecular weight is 299 g/mol. The fourth-order valence-electron chi connectivity index (χ4n) is 1.99. The van der Waals surface area contributed by atoms with Crippen LogP contribution in [0.5, 0.6) is 0 Å². The van der Waals surface area contributed by atoms with Crippen LogP contribution in [0.2, 0.25) is 0 Å². The average Bonchev–Trinajstić information content (AvgIpc) is 3.12. The third-order valence-electron chi connectivity index (χ3n) is 2.97. The Balaban J connectivity index is 1.84. The van der Waals surface area contributed by atoms with E-state index < -0.39 is 0 Å². The number of rotatable bonds is 3. The molecule has 0 atom stereocenters. The Morgan fingerprint density at radius 3 is 3.05 bits per heavy atom. The highest BCUT2D eigenvalue weighted by Crippen LogP contribution is 2.16. The first kappa shape index (κ1) is 13.6. The molecular weight excluding hydrogens is 286 g/mol. The van der Waals surface area contributed by atoms with Crippen molar-refractivity contribution in [1.29, 1.82) is 0 Å². The molecule has 6 heteroatoms. The van der Waals surface area contributed by atoms with Crippen LogP contribution in [0.4, 0.5) is 0 Å². The standard InChI is InChI=1S/C15H13N3O2S/c19-10-2-1-3-12-4-5-13(21-12)11-17-8-9-18-14(15(17)20)6-7-16-18/h4-9,19H,2,10-11H2. The molecule has 0 aliphatic heterocycles. The normalized spacial score (nSPS) is 10.5. The second-order valence-corrected chi connectivity index (χ2v) is 5.60. The summed E-state index contributed by atoms with van der Waals surface area (Å²) in [4.78, 5) is 14.3. The van der Waals surface area contributed by atoms with Crippen LogP contribution in [0.3, 0.4) is 0 Å². The summed E-state index contributed by atoms with van der Waals surface area (Å²) in [7, 11) is 0. The van der Waals surface area contributed by atoms with Gasteiger partial charge in [-0.1, -0.05) is 11.8 Å². The molecule has 3 rings (SSSR count). The molecule has 3 aromatic heterocycles. The lowest BCUT2D eigenvalue weighted by molar-refractivity contribution is 0.305. The summed E-state index contributed by atoms with van der Waals surface area (Å²) in [5.41, 5.74) is 0.508. The van der Waals surface area contributed by atoms with Gasteiger partial charge in [-0.2, -0.15) is 5.10 Å². The van der Waals surface area contributed by atoms with Gasteiger partial charge in [0.15, 0.2) is 0 Å². The molecule has 106 valence electrons. The fraction of sp³-hybridized carbons (Fsp3) is 0.200. The zero-order chi connectivity index (χ0) is 14.7. The molecule has 1 N–H and O–H groups in total. The molecular formula is C15H13N3O2S. The number of nitrogens with zero attached hydrogens (tertiary/aromatic N) is 3. The number of hydrogen-bond donors (Lipinski definition) is 1. The van der Waals surface area contributed by atoms with Crippen LogP contribution in [0.15, 0.2) is 41.6 Å². The van der Waals surface area contributed by atoms with Crippen LogP contribution in [0, 0.1) is 11.8 Å². The fourth-order valence-corrected chi connectivity index (χ4v) is 2.87. The molecule has 5 nitrogen and oxygen atoms in total. The minimum absolute atomic E-state index is 0.0590. The summed E-state index contributed by atoms with van der Waals surface area (Å²) in [6, 6.07) is 5.62. The van der Waals surface area contributed by atoms with Crippen molar-refractivity contribution >= 4 is 16.9 Å². The Hall–Kier alpha value is -2.36. The van der Waals surface area contributed by atoms with E-state index >= 15 is 0 Å². The number of aliphatic hydroxyl groups excluding tert-OH is 1. The molecule has 0 saturated heterocycles. The SMILES string of the molecule is O=c1c2ccnn2ccn1Cc1ccc(C#CCCO)s1. The van der Waals surface area contributed by atoms with Crippen LogP contribution >= 0.6 is 11.3 Å². The number of aliphatic hydroxyl groups is 1. The highest BCUT2D eigenvalue weighted by atomic mass is 32.1. The molecule has 0 aromatic carbocycles. The minimum atomic E-state index is -0.0590. The molecule has 0 amide bonds. The van der Waals surface area contributed by atoms with E-state index in [9.17, 15) is 4.79 Å². The third kappa shape index (κ3) is 2.89. The first-order valence-electron chi connectivity index (χ1n) is 6.49. The monoisotopic (exact) mass is 299 g/mol. The largest absolute Gasteiger partial charge is 0.395 e. The second-order valence-electron chi connectivity index (χ2n) is 4.43. The molecule has 3 heterocycles. The topological polar surface area (TPSA) is 59.5 Å². The number of aromatic nitrogens is 3. The van der Waals surface area contributed by atoms with E-state index in [1.165, 1.54) is 0 Å². The lowest BCUT2D eigenvalue weighted by atomic mass is 10.4. The van der Waals surface area contributed by atoms with Crippen molar-refractivity contribution in [2.24, 2.45) is 0 Å². The van der Waals surface area contributed by atoms with Crippen molar-refractivity contribution in [3.8, 4) is 11.8 Å². The van der Waals surface area contributed by atoms with Crippen molar-refractivity contribution in [1.82, 2.24) is 14.2 Å². The number of fused-ring (bicyclic) bond motifs is 1. The molecule has 21 heavy (non-hydrogen) atoms. The van der Waals surface area contributed by atoms with E-state index in [0.717, 1.165) is 9.75 Å². The van der Waals surface area contributed by atoms with Crippen molar-refractivity contribution in [3.05, 3.63) is 56.9 Å². The van der Waals surface area contributed by atoms with Crippen LogP contribution in [0.1, 0.15) is 16.2 Å². The molecule has 0 spiro atoms. The summed E-state index contributed by atoms with van der Waals surface area (Å²) in [6.45, 7) is 0.596. The summed E-state index contributed by atoms with van der Waals surface area (Å²) in [6.07, 6.45) is 5.59. The maximum Gasteiger partial charge on any atom is 0.276 e. The minimum Gasteiger partial charge on any atom is -0.395 e. The molecule has 0 unspecified atom stereocenters. The first-order chi connectivity index (χ1) is 10.3. The quantitative estimate of drug-likeness (QED) is 0.743. The highest BCUT2D eigenvalue weighted by Gasteiger charge is 2.05. The van der Waals surface area contributed by atoms with E-state index in [-0.39, 0.29) is 12.2 Å². The summed E-state index contributed by atoms with van der Waals surface area (Å²) in [5.74, 6) is 5.89. The lowest BCUT2D eigenvalue weighted by Crippen LogP contribution is -2.21. The molecule has 0 saturated carbocycles. The van der Waals surface area contributed by atoms with Gasteiger partial charge in [-0.3, -0.25) is 4.79 Å². The van der Waals surface area contributed by atoms with Gasteiger partial charge >= 0.3 is 0 Å². The predicted molar refractivity (Wildman–Crippen MR) is 81.5 cm³/mol. The van der Waals surface area contributed by atoms with Crippen LogP contribution in [0.25, 0.3) is 5.52 Å². The maximum atomic E-state index is 12.3. The zero-order valence-electron chi connectivity index (χ0n) is 11.2.